The van der Waals surface area contributed by atoms with Gasteiger partial charge in [0.2, 0.25) is 0 Å². The predicted molar refractivity (Wildman–Crippen MR) is 85.3 cm³/mol. The third-order valence-corrected chi connectivity index (χ3v) is 4.83. The number of hydrogen-bond acceptors (Lipinski definition) is 4. The number of nitrogens with zero attached hydrogens (tertiary/aromatic N) is 4. The largest absolute Gasteiger partial charge is 0.348 e. The van der Waals surface area contributed by atoms with Crippen LogP contribution in [0, 0.1) is 17.1 Å². The molecule has 0 amide bonds. The van der Waals surface area contributed by atoms with E-state index in [0.717, 1.165) is 26.1 Å². The van der Waals surface area contributed by atoms with Crippen LogP contribution in [-0.2, 0) is 6.54 Å². The molecule has 0 saturated carbocycles. The first-order valence-corrected chi connectivity index (χ1v) is 7.85. The van der Waals surface area contributed by atoms with Crippen molar-refractivity contribution in [3.8, 4) is 6.07 Å². The van der Waals surface area contributed by atoms with Gasteiger partial charge in [-0.05, 0) is 36.2 Å². The van der Waals surface area contributed by atoms with Crippen molar-refractivity contribution < 1.29 is 4.39 Å². The summed E-state index contributed by atoms with van der Waals surface area (Å²) in [6, 6.07) is 13.8. The Morgan fingerprint density at radius 1 is 1.17 bits per heavy atom. The van der Waals surface area contributed by atoms with Gasteiger partial charge in [0.15, 0.2) is 11.6 Å². The summed E-state index contributed by atoms with van der Waals surface area (Å²) < 4.78 is 13.9. The summed E-state index contributed by atoms with van der Waals surface area (Å²) in [7, 11) is 0. The van der Waals surface area contributed by atoms with Gasteiger partial charge in [-0.25, -0.2) is 9.37 Å². The van der Waals surface area contributed by atoms with E-state index in [9.17, 15) is 4.39 Å². The van der Waals surface area contributed by atoms with Gasteiger partial charge in [0.25, 0.3) is 0 Å². The van der Waals surface area contributed by atoms with Crippen LogP contribution in [0.15, 0.2) is 42.6 Å². The van der Waals surface area contributed by atoms with Crippen LogP contribution in [-0.4, -0.2) is 35.1 Å². The van der Waals surface area contributed by atoms with Crippen molar-refractivity contribution >= 4 is 5.82 Å². The Bertz CT molecular complexity index is 752. The van der Waals surface area contributed by atoms with Crippen LogP contribution >= 0.6 is 0 Å². The maximum atomic E-state index is 13.9. The Labute approximate surface area is 134 Å². The molecule has 2 unspecified atom stereocenters. The fourth-order valence-electron chi connectivity index (χ4n) is 3.71. The van der Waals surface area contributed by atoms with Gasteiger partial charge in [0.05, 0.1) is 11.6 Å². The van der Waals surface area contributed by atoms with Gasteiger partial charge in [-0.3, -0.25) is 4.90 Å². The van der Waals surface area contributed by atoms with E-state index in [2.05, 4.69) is 20.9 Å². The standard InChI is InChI=1S/C18H17FN4/c19-17-2-1-7-21-18(17)23-12-15-8-16(23)11-22(15)10-14-5-3-13(9-20)4-6-14/h1-7,15-16H,8,10-12H2. The van der Waals surface area contributed by atoms with Gasteiger partial charge in [-0.2, -0.15) is 5.26 Å². The molecule has 2 fully saturated rings. The predicted octanol–water partition coefficient (Wildman–Crippen LogP) is 2.56. The Hall–Kier alpha value is -2.45. The zero-order valence-electron chi connectivity index (χ0n) is 12.7. The number of benzene rings is 1. The molecule has 0 N–H and O–H groups in total. The summed E-state index contributed by atoms with van der Waals surface area (Å²) in [6.07, 6.45) is 2.71. The van der Waals surface area contributed by atoms with Crippen molar-refractivity contribution in [2.45, 2.75) is 25.0 Å². The number of anilines is 1. The minimum Gasteiger partial charge on any atom is -0.348 e. The molecule has 5 heteroatoms. The maximum Gasteiger partial charge on any atom is 0.165 e. The highest BCUT2D eigenvalue weighted by Gasteiger charge is 2.44. The molecule has 23 heavy (non-hydrogen) atoms. The number of rotatable bonds is 3. The fourth-order valence-corrected chi connectivity index (χ4v) is 3.71. The van der Waals surface area contributed by atoms with E-state index in [1.165, 1.54) is 11.6 Å². The lowest BCUT2D eigenvalue weighted by atomic mass is 10.1. The molecule has 0 spiro atoms. The molecule has 2 saturated heterocycles. The van der Waals surface area contributed by atoms with E-state index in [-0.39, 0.29) is 5.82 Å². The molecule has 2 bridgehead atoms. The van der Waals surface area contributed by atoms with Crippen LogP contribution in [0.4, 0.5) is 10.2 Å². The van der Waals surface area contributed by atoms with Crippen molar-refractivity contribution in [3.05, 3.63) is 59.5 Å². The quantitative estimate of drug-likeness (QED) is 0.874. The Morgan fingerprint density at radius 2 is 2.00 bits per heavy atom. The van der Waals surface area contributed by atoms with Crippen molar-refractivity contribution in [3.63, 3.8) is 0 Å². The highest BCUT2D eigenvalue weighted by atomic mass is 19.1. The first-order valence-electron chi connectivity index (χ1n) is 7.85. The average Bonchev–Trinajstić information content (AvgIpc) is 3.16. The molecule has 2 atom stereocenters. The van der Waals surface area contributed by atoms with Crippen LogP contribution in [0.3, 0.4) is 0 Å². The van der Waals surface area contributed by atoms with E-state index < -0.39 is 0 Å². The number of likely N-dealkylation sites (tertiary alicyclic amines) is 1. The van der Waals surface area contributed by atoms with Gasteiger partial charge in [-0.15, -0.1) is 0 Å². The lowest BCUT2D eigenvalue weighted by Gasteiger charge is -2.35. The van der Waals surface area contributed by atoms with E-state index >= 15 is 0 Å². The Balaban J connectivity index is 1.45. The molecular formula is C18H17FN4. The molecule has 2 aliphatic rings. The Morgan fingerprint density at radius 3 is 2.65 bits per heavy atom. The Kier molecular flexibility index (Phi) is 3.47. The second kappa shape index (κ2) is 5.64. The van der Waals surface area contributed by atoms with Crippen LogP contribution in [0.5, 0.6) is 0 Å². The van der Waals surface area contributed by atoms with Gasteiger partial charge in [0, 0.05) is 37.9 Å². The molecule has 0 radical (unpaired) electrons. The number of fused-ring (bicyclic) bond motifs is 2. The zero-order chi connectivity index (χ0) is 15.8. The number of piperazine rings is 1. The lowest BCUT2D eigenvalue weighted by molar-refractivity contribution is 0.229. The van der Waals surface area contributed by atoms with E-state index in [4.69, 9.17) is 5.26 Å². The molecule has 3 heterocycles. The number of aromatic nitrogens is 1. The van der Waals surface area contributed by atoms with Crippen molar-refractivity contribution in [1.82, 2.24) is 9.88 Å². The zero-order valence-corrected chi connectivity index (χ0v) is 12.7. The minimum absolute atomic E-state index is 0.237. The van der Waals surface area contributed by atoms with Crippen LogP contribution < -0.4 is 4.90 Å². The van der Waals surface area contributed by atoms with Gasteiger partial charge in [0.1, 0.15) is 0 Å². The second-order valence-corrected chi connectivity index (χ2v) is 6.24. The minimum atomic E-state index is -0.237. The fraction of sp³-hybridized carbons (Fsp3) is 0.333. The van der Waals surface area contributed by atoms with Crippen molar-refractivity contribution in [2.24, 2.45) is 0 Å². The number of hydrogen-bond donors (Lipinski definition) is 0. The third kappa shape index (κ3) is 2.55. The van der Waals surface area contributed by atoms with Crippen LogP contribution in [0.25, 0.3) is 0 Å². The second-order valence-electron chi connectivity index (χ2n) is 6.24. The SMILES string of the molecule is N#Cc1ccc(CN2CC3CC2CN3c2ncccc2F)cc1. The average molecular weight is 308 g/mol. The monoisotopic (exact) mass is 308 g/mol. The first kappa shape index (κ1) is 14.2. The molecule has 116 valence electrons. The molecule has 1 aromatic carbocycles. The van der Waals surface area contributed by atoms with Gasteiger partial charge >= 0.3 is 0 Å². The smallest absolute Gasteiger partial charge is 0.165 e. The van der Waals surface area contributed by atoms with Gasteiger partial charge < -0.3 is 4.90 Å². The summed E-state index contributed by atoms with van der Waals surface area (Å²) in [6.45, 7) is 2.64. The van der Waals surface area contributed by atoms with E-state index in [1.807, 2.05) is 24.3 Å². The summed E-state index contributed by atoms with van der Waals surface area (Å²) in [5, 5.41) is 8.86. The third-order valence-electron chi connectivity index (χ3n) is 4.83. The van der Waals surface area contributed by atoms with Crippen molar-refractivity contribution in [2.75, 3.05) is 18.0 Å². The molecule has 1 aromatic heterocycles. The highest BCUT2D eigenvalue weighted by Crippen LogP contribution is 2.35. The number of halogens is 1. The maximum absolute atomic E-state index is 13.9. The molecule has 2 aromatic rings. The topological polar surface area (TPSA) is 43.2 Å². The summed E-state index contributed by atoms with van der Waals surface area (Å²) in [5.74, 6) is 0.247. The highest BCUT2D eigenvalue weighted by molar-refractivity contribution is 5.44. The summed E-state index contributed by atoms with van der Waals surface area (Å²) >= 11 is 0. The number of nitriles is 1. The molecule has 4 nitrogen and oxygen atoms in total. The molecule has 0 aliphatic carbocycles. The first-order chi connectivity index (χ1) is 11.2. The van der Waals surface area contributed by atoms with Crippen LogP contribution in [0.1, 0.15) is 17.5 Å². The lowest BCUT2D eigenvalue weighted by Crippen LogP contribution is -2.46. The molecular weight excluding hydrogens is 291 g/mol. The van der Waals surface area contributed by atoms with Crippen LogP contribution in [0.2, 0.25) is 0 Å². The normalized spacial score (nSPS) is 23.2. The number of pyridine rings is 1. The van der Waals surface area contributed by atoms with Crippen molar-refractivity contribution in [1.29, 1.82) is 5.26 Å². The van der Waals surface area contributed by atoms with E-state index in [1.54, 1.807) is 12.3 Å². The molecule has 2 aliphatic heterocycles. The van der Waals surface area contributed by atoms with E-state index in [0.29, 0.717) is 23.5 Å². The van der Waals surface area contributed by atoms with Gasteiger partial charge in [-0.1, -0.05) is 12.1 Å². The molecule has 4 rings (SSSR count). The summed E-state index contributed by atoms with van der Waals surface area (Å²) in [4.78, 5) is 8.76. The summed E-state index contributed by atoms with van der Waals surface area (Å²) in [5.41, 5.74) is 1.90.